The molecule has 0 aliphatic heterocycles. The van der Waals surface area contributed by atoms with Crippen LogP contribution in [0.15, 0.2) is 30.9 Å². The van der Waals surface area contributed by atoms with E-state index in [1.54, 1.807) is 43.4 Å². The van der Waals surface area contributed by atoms with Gasteiger partial charge >= 0.3 is 0 Å². The summed E-state index contributed by atoms with van der Waals surface area (Å²) < 4.78 is 12.7. The smallest absolute Gasteiger partial charge is 0.216 e. The summed E-state index contributed by atoms with van der Waals surface area (Å²) in [6.45, 7) is 0.321. The van der Waals surface area contributed by atoms with Crippen LogP contribution in [0.5, 0.6) is 0 Å². The number of ether oxygens (including phenoxy) is 2. The number of hydrogen-bond acceptors (Lipinski definition) is 4. The average Bonchev–Trinajstić information content (AvgIpc) is 2.89. The monoisotopic (exact) mass is 301 g/mol. The maximum absolute atomic E-state index is 6.22. The van der Waals surface area contributed by atoms with Gasteiger partial charge in [-0.2, -0.15) is 5.10 Å². The number of methoxy groups -OCH3 is 2. The molecule has 0 amide bonds. The van der Waals surface area contributed by atoms with Crippen molar-refractivity contribution in [2.75, 3.05) is 14.2 Å². The number of hydrogen-bond donors (Lipinski definition) is 0. The number of rotatable bonds is 5. The summed E-state index contributed by atoms with van der Waals surface area (Å²) in [5.41, 5.74) is 0.680. The van der Waals surface area contributed by atoms with E-state index >= 15 is 0 Å². The van der Waals surface area contributed by atoms with Crippen LogP contribution >= 0.6 is 23.2 Å². The summed E-state index contributed by atoms with van der Waals surface area (Å²) >= 11 is 12.1. The molecule has 102 valence electrons. The highest BCUT2D eigenvalue weighted by atomic mass is 35.5. The SMILES string of the molecule is COC(Cn1cncn1)(OC)c1ccc(Cl)cc1Cl. The first-order valence-electron chi connectivity index (χ1n) is 5.49. The second-order valence-electron chi connectivity index (χ2n) is 3.88. The minimum absolute atomic E-state index is 0.321. The fourth-order valence-corrected chi connectivity index (χ4v) is 2.40. The molecule has 1 aromatic carbocycles. The Morgan fingerprint density at radius 3 is 2.53 bits per heavy atom. The van der Waals surface area contributed by atoms with Crippen molar-refractivity contribution < 1.29 is 9.47 Å². The third kappa shape index (κ3) is 2.90. The quantitative estimate of drug-likeness (QED) is 0.797. The lowest BCUT2D eigenvalue weighted by Gasteiger charge is -2.31. The fraction of sp³-hybridized carbons (Fsp3) is 0.333. The highest BCUT2D eigenvalue weighted by molar-refractivity contribution is 6.35. The molecular formula is C12H13Cl2N3O2. The van der Waals surface area contributed by atoms with Gasteiger partial charge in [0.05, 0.1) is 5.02 Å². The molecule has 0 atom stereocenters. The summed E-state index contributed by atoms with van der Waals surface area (Å²) in [7, 11) is 3.09. The molecule has 2 rings (SSSR count). The Morgan fingerprint density at radius 1 is 1.26 bits per heavy atom. The molecule has 0 fully saturated rings. The second kappa shape index (κ2) is 5.88. The molecule has 0 bridgehead atoms. The Hall–Kier alpha value is -1.14. The van der Waals surface area contributed by atoms with E-state index in [2.05, 4.69) is 10.1 Å². The molecule has 0 saturated heterocycles. The van der Waals surface area contributed by atoms with Crippen molar-refractivity contribution in [3.8, 4) is 0 Å². The van der Waals surface area contributed by atoms with E-state index in [-0.39, 0.29) is 0 Å². The van der Waals surface area contributed by atoms with Crippen LogP contribution in [0.2, 0.25) is 10.0 Å². The van der Waals surface area contributed by atoms with Crippen LogP contribution in [-0.2, 0) is 21.8 Å². The van der Waals surface area contributed by atoms with E-state index in [0.717, 1.165) is 0 Å². The predicted octanol–water partition coefficient (Wildman–Crippen LogP) is 2.73. The molecular weight excluding hydrogens is 289 g/mol. The maximum Gasteiger partial charge on any atom is 0.216 e. The minimum Gasteiger partial charge on any atom is -0.348 e. The van der Waals surface area contributed by atoms with Crippen LogP contribution in [0.3, 0.4) is 0 Å². The lowest BCUT2D eigenvalue weighted by molar-refractivity contribution is -0.226. The van der Waals surface area contributed by atoms with Crippen LogP contribution in [0.4, 0.5) is 0 Å². The van der Waals surface area contributed by atoms with Gasteiger partial charge in [-0.05, 0) is 12.1 Å². The van der Waals surface area contributed by atoms with Crippen LogP contribution < -0.4 is 0 Å². The van der Waals surface area contributed by atoms with Gasteiger partial charge in [-0.3, -0.25) is 0 Å². The lowest BCUT2D eigenvalue weighted by Crippen LogP contribution is -2.36. The topological polar surface area (TPSA) is 49.2 Å². The van der Waals surface area contributed by atoms with Gasteiger partial charge in [0.1, 0.15) is 19.2 Å². The van der Waals surface area contributed by atoms with Gasteiger partial charge in [-0.1, -0.05) is 29.3 Å². The predicted molar refractivity (Wildman–Crippen MR) is 72.2 cm³/mol. The van der Waals surface area contributed by atoms with E-state index in [0.29, 0.717) is 22.2 Å². The van der Waals surface area contributed by atoms with Crippen molar-refractivity contribution in [3.63, 3.8) is 0 Å². The van der Waals surface area contributed by atoms with Gasteiger partial charge in [-0.25, -0.2) is 9.67 Å². The summed E-state index contributed by atoms with van der Waals surface area (Å²) in [4.78, 5) is 3.89. The average molecular weight is 302 g/mol. The van der Waals surface area contributed by atoms with Gasteiger partial charge in [0.2, 0.25) is 5.79 Å². The first kappa shape index (κ1) is 14.3. The Bertz CT molecular complexity index is 542. The fourth-order valence-electron chi connectivity index (χ4n) is 1.84. The Kier molecular flexibility index (Phi) is 4.42. The molecule has 1 heterocycles. The Morgan fingerprint density at radius 2 is 2.00 bits per heavy atom. The van der Waals surface area contributed by atoms with Crippen molar-refractivity contribution in [2.45, 2.75) is 12.3 Å². The minimum atomic E-state index is -1.05. The number of benzene rings is 1. The van der Waals surface area contributed by atoms with E-state index in [4.69, 9.17) is 32.7 Å². The molecule has 5 nitrogen and oxygen atoms in total. The normalized spacial score (nSPS) is 11.8. The molecule has 0 spiro atoms. The molecule has 0 aliphatic rings. The largest absolute Gasteiger partial charge is 0.348 e. The second-order valence-corrected chi connectivity index (χ2v) is 4.72. The zero-order valence-corrected chi connectivity index (χ0v) is 12.0. The zero-order valence-electron chi connectivity index (χ0n) is 10.5. The van der Waals surface area contributed by atoms with Crippen LogP contribution in [-0.4, -0.2) is 29.0 Å². The van der Waals surface area contributed by atoms with Crippen LogP contribution in [0.25, 0.3) is 0 Å². The number of nitrogens with zero attached hydrogens (tertiary/aromatic N) is 3. The summed E-state index contributed by atoms with van der Waals surface area (Å²) in [6, 6.07) is 5.15. The van der Waals surface area contributed by atoms with Crippen molar-refractivity contribution >= 4 is 23.2 Å². The lowest BCUT2D eigenvalue weighted by atomic mass is 10.1. The van der Waals surface area contributed by atoms with Gasteiger partial charge in [0, 0.05) is 24.8 Å². The van der Waals surface area contributed by atoms with Crippen LogP contribution in [0, 0.1) is 0 Å². The van der Waals surface area contributed by atoms with E-state index < -0.39 is 5.79 Å². The molecule has 7 heteroatoms. The first-order valence-corrected chi connectivity index (χ1v) is 6.25. The molecule has 19 heavy (non-hydrogen) atoms. The molecule has 2 aromatic rings. The van der Waals surface area contributed by atoms with Crippen molar-refractivity contribution in [1.29, 1.82) is 0 Å². The third-order valence-corrected chi connectivity index (χ3v) is 3.39. The van der Waals surface area contributed by atoms with Gasteiger partial charge in [0.15, 0.2) is 0 Å². The van der Waals surface area contributed by atoms with E-state index in [1.165, 1.54) is 6.33 Å². The number of aromatic nitrogens is 3. The molecule has 0 N–H and O–H groups in total. The van der Waals surface area contributed by atoms with Crippen molar-refractivity contribution in [2.24, 2.45) is 0 Å². The molecule has 0 radical (unpaired) electrons. The zero-order chi connectivity index (χ0) is 13.9. The highest BCUT2D eigenvalue weighted by Crippen LogP contribution is 2.34. The van der Waals surface area contributed by atoms with Crippen molar-refractivity contribution in [1.82, 2.24) is 14.8 Å². The van der Waals surface area contributed by atoms with Gasteiger partial charge < -0.3 is 9.47 Å². The van der Waals surface area contributed by atoms with Gasteiger partial charge in [-0.15, -0.1) is 0 Å². The summed E-state index contributed by atoms with van der Waals surface area (Å²) in [6.07, 6.45) is 3.02. The maximum atomic E-state index is 6.22. The molecule has 1 aromatic heterocycles. The highest BCUT2D eigenvalue weighted by Gasteiger charge is 2.35. The van der Waals surface area contributed by atoms with Crippen molar-refractivity contribution in [3.05, 3.63) is 46.5 Å². The Labute approximate surface area is 121 Å². The number of halogens is 2. The third-order valence-electron chi connectivity index (χ3n) is 2.84. The summed E-state index contributed by atoms with van der Waals surface area (Å²) in [5, 5.41) is 5.07. The standard InChI is InChI=1S/C12H13Cl2N3O2/c1-18-12(19-2,6-17-8-15-7-16-17)10-4-3-9(13)5-11(10)14/h3-5,7-8H,6H2,1-2H3. The van der Waals surface area contributed by atoms with Crippen LogP contribution in [0.1, 0.15) is 5.56 Å². The Balaban J connectivity index is 2.43. The molecule has 0 saturated carbocycles. The van der Waals surface area contributed by atoms with Gasteiger partial charge in [0.25, 0.3) is 0 Å². The van der Waals surface area contributed by atoms with E-state index in [1.807, 2.05) is 0 Å². The summed E-state index contributed by atoms with van der Waals surface area (Å²) in [5.74, 6) is -1.05. The first-order chi connectivity index (χ1) is 9.11. The van der Waals surface area contributed by atoms with E-state index in [9.17, 15) is 0 Å². The molecule has 0 unspecified atom stereocenters. The molecule has 0 aliphatic carbocycles.